The van der Waals surface area contributed by atoms with Gasteiger partial charge in [-0.2, -0.15) is 0 Å². The monoisotopic (exact) mass is 238 g/mol. The highest BCUT2D eigenvalue weighted by molar-refractivity contribution is 7.99. The van der Waals surface area contributed by atoms with E-state index >= 15 is 0 Å². The van der Waals surface area contributed by atoms with Crippen molar-refractivity contribution in [3.63, 3.8) is 0 Å². The van der Waals surface area contributed by atoms with Gasteiger partial charge in [0.05, 0.1) is 5.03 Å². The fourth-order valence-electron chi connectivity index (χ4n) is 1.25. The Morgan fingerprint density at radius 2 is 1.94 bits per heavy atom. The summed E-state index contributed by atoms with van der Waals surface area (Å²) < 4.78 is 0. The molecule has 1 heterocycles. The molecule has 0 aliphatic heterocycles. The zero-order chi connectivity index (χ0) is 12.2. The van der Waals surface area contributed by atoms with Crippen molar-refractivity contribution in [2.45, 2.75) is 31.2 Å². The SMILES string of the molecule is CN(C)CCSc1cccc(C(C)(C)C)n1. The topological polar surface area (TPSA) is 16.1 Å². The zero-order valence-electron chi connectivity index (χ0n) is 10.9. The summed E-state index contributed by atoms with van der Waals surface area (Å²) in [4.78, 5) is 6.88. The van der Waals surface area contributed by atoms with Crippen LogP contribution in [0.5, 0.6) is 0 Å². The van der Waals surface area contributed by atoms with Gasteiger partial charge >= 0.3 is 0 Å². The summed E-state index contributed by atoms with van der Waals surface area (Å²) >= 11 is 1.83. The third-order valence-corrected chi connectivity index (χ3v) is 3.19. The van der Waals surface area contributed by atoms with Gasteiger partial charge in [-0.1, -0.05) is 26.8 Å². The molecule has 0 amide bonds. The maximum atomic E-state index is 4.69. The number of thioether (sulfide) groups is 1. The summed E-state index contributed by atoms with van der Waals surface area (Å²) in [6, 6.07) is 6.30. The lowest BCUT2D eigenvalue weighted by Gasteiger charge is -2.18. The van der Waals surface area contributed by atoms with Crippen LogP contribution in [0, 0.1) is 0 Å². The first-order chi connectivity index (χ1) is 7.39. The number of nitrogens with zero attached hydrogens (tertiary/aromatic N) is 2. The second kappa shape index (κ2) is 5.69. The minimum atomic E-state index is 0.137. The lowest BCUT2D eigenvalue weighted by atomic mass is 9.92. The predicted octanol–water partition coefficient (Wildman–Crippen LogP) is 3.03. The van der Waals surface area contributed by atoms with E-state index in [-0.39, 0.29) is 5.41 Å². The van der Waals surface area contributed by atoms with E-state index in [0.717, 1.165) is 17.3 Å². The summed E-state index contributed by atoms with van der Waals surface area (Å²) in [5, 5.41) is 1.13. The third-order valence-electron chi connectivity index (χ3n) is 2.28. The van der Waals surface area contributed by atoms with Gasteiger partial charge in [0, 0.05) is 23.4 Å². The van der Waals surface area contributed by atoms with Crippen molar-refractivity contribution in [3.8, 4) is 0 Å². The molecular formula is C13H22N2S. The van der Waals surface area contributed by atoms with E-state index in [0.29, 0.717) is 0 Å². The van der Waals surface area contributed by atoms with Crippen LogP contribution in [-0.2, 0) is 5.41 Å². The van der Waals surface area contributed by atoms with E-state index < -0.39 is 0 Å². The highest BCUT2D eigenvalue weighted by atomic mass is 32.2. The normalized spacial score (nSPS) is 12.1. The lowest BCUT2D eigenvalue weighted by molar-refractivity contribution is 0.437. The highest BCUT2D eigenvalue weighted by Crippen LogP contribution is 2.23. The summed E-state index contributed by atoms with van der Waals surface area (Å²) in [7, 11) is 4.19. The van der Waals surface area contributed by atoms with Gasteiger partial charge in [-0.05, 0) is 26.2 Å². The maximum absolute atomic E-state index is 4.69. The molecule has 1 aromatic heterocycles. The molecule has 0 aromatic carbocycles. The molecule has 90 valence electrons. The van der Waals surface area contributed by atoms with Crippen LogP contribution in [0.25, 0.3) is 0 Å². The van der Waals surface area contributed by atoms with Crippen LogP contribution >= 0.6 is 11.8 Å². The number of rotatable bonds is 4. The first kappa shape index (κ1) is 13.5. The van der Waals surface area contributed by atoms with Crippen LogP contribution < -0.4 is 0 Å². The van der Waals surface area contributed by atoms with Crippen molar-refractivity contribution in [1.82, 2.24) is 9.88 Å². The van der Waals surface area contributed by atoms with Crippen LogP contribution in [0.4, 0.5) is 0 Å². The van der Waals surface area contributed by atoms with Crippen molar-refractivity contribution >= 4 is 11.8 Å². The second-order valence-electron chi connectivity index (χ2n) is 5.26. The van der Waals surface area contributed by atoms with Gasteiger partial charge in [-0.3, -0.25) is 0 Å². The van der Waals surface area contributed by atoms with Crippen molar-refractivity contribution in [2.24, 2.45) is 0 Å². The van der Waals surface area contributed by atoms with Crippen LogP contribution in [0.2, 0.25) is 0 Å². The number of aromatic nitrogens is 1. The van der Waals surface area contributed by atoms with Crippen LogP contribution in [-0.4, -0.2) is 36.3 Å². The van der Waals surface area contributed by atoms with E-state index in [1.54, 1.807) is 0 Å². The van der Waals surface area contributed by atoms with Crippen LogP contribution in [0.15, 0.2) is 23.2 Å². The van der Waals surface area contributed by atoms with E-state index in [2.05, 4.69) is 62.9 Å². The Morgan fingerprint density at radius 3 is 2.50 bits per heavy atom. The molecule has 0 atom stereocenters. The van der Waals surface area contributed by atoms with Gasteiger partial charge in [-0.15, -0.1) is 11.8 Å². The van der Waals surface area contributed by atoms with Crippen molar-refractivity contribution in [1.29, 1.82) is 0 Å². The van der Waals surface area contributed by atoms with Gasteiger partial charge in [-0.25, -0.2) is 4.98 Å². The molecular weight excluding hydrogens is 216 g/mol. The standard InChI is InChI=1S/C13H22N2S/c1-13(2,3)11-7-6-8-12(14-11)16-10-9-15(4)5/h6-8H,9-10H2,1-5H3. The van der Waals surface area contributed by atoms with Gasteiger partial charge in [0.2, 0.25) is 0 Å². The van der Waals surface area contributed by atoms with Gasteiger partial charge in [0.15, 0.2) is 0 Å². The molecule has 16 heavy (non-hydrogen) atoms. The average molecular weight is 238 g/mol. The molecule has 0 saturated carbocycles. The van der Waals surface area contributed by atoms with Crippen molar-refractivity contribution < 1.29 is 0 Å². The van der Waals surface area contributed by atoms with Crippen LogP contribution in [0.3, 0.4) is 0 Å². The smallest absolute Gasteiger partial charge is 0.0963 e. The molecule has 3 heteroatoms. The Labute approximate surface area is 103 Å². The average Bonchev–Trinajstić information content (AvgIpc) is 2.16. The zero-order valence-corrected chi connectivity index (χ0v) is 11.8. The molecule has 0 saturated heterocycles. The quantitative estimate of drug-likeness (QED) is 0.750. The Morgan fingerprint density at radius 1 is 1.25 bits per heavy atom. The summed E-state index contributed by atoms with van der Waals surface area (Å²) in [6.07, 6.45) is 0. The molecule has 0 N–H and O–H groups in total. The number of hydrogen-bond donors (Lipinski definition) is 0. The molecule has 2 nitrogen and oxygen atoms in total. The van der Waals surface area contributed by atoms with E-state index in [9.17, 15) is 0 Å². The van der Waals surface area contributed by atoms with E-state index in [4.69, 9.17) is 0 Å². The van der Waals surface area contributed by atoms with E-state index in [1.165, 1.54) is 5.69 Å². The largest absolute Gasteiger partial charge is 0.309 e. The molecule has 0 radical (unpaired) electrons. The van der Waals surface area contributed by atoms with Crippen LogP contribution in [0.1, 0.15) is 26.5 Å². The molecule has 0 aliphatic rings. The van der Waals surface area contributed by atoms with Gasteiger partial charge in [0.1, 0.15) is 0 Å². The number of hydrogen-bond acceptors (Lipinski definition) is 3. The first-order valence-electron chi connectivity index (χ1n) is 5.64. The molecule has 1 aromatic rings. The van der Waals surface area contributed by atoms with Crippen molar-refractivity contribution in [3.05, 3.63) is 23.9 Å². The van der Waals surface area contributed by atoms with Gasteiger partial charge < -0.3 is 4.90 Å². The first-order valence-corrected chi connectivity index (χ1v) is 6.63. The minimum Gasteiger partial charge on any atom is -0.309 e. The van der Waals surface area contributed by atoms with E-state index in [1.807, 2.05) is 11.8 Å². The maximum Gasteiger partial charge on any atom is 0.0963 e. The predicted molar refractivity (Wildman–Crippen MR) is 72.2 cm³/mol. The summed E-state index contributed by atoms with van der Waals surface area (Å²) in [6.45, 7) is 7.68. The Hall–Kier alpha value is -0.540. The van der Waals surface area contributed by atoms with Gasteiger partial charge in [0.25, 0.3) is 0 Å². The fraction of sp³-hybridized carbons (Fsp3) is 0.615. The molecule has 0 aliphatic carbocycles. The molecule has 0 bridgehead atoms. The number of pyridine rings is 1. The molecule has 0 spiro atoms. The Kier molecular flexibility index (Phi) is 4.81. The highest BCUT2D eigenvalue weighted by Gasteiger charge is 2.15. The third kappa shape index (κ3) is 4.54. The minimum absolute atomic E-state index is 0.137. The Bertz CT molecular complexity index is 329. The molecule has 0 fully saturated rings. The summed E-state index contributed by atoms with van der Waals surface area (Å²) in [5.41, 5.74) is 1.31. The fourth-order valence-corrected chi connectivity index (χ4v) is 2.25. The molecule has 0 unspecified atom stereocenters. The lowest BCUT2D eigenvalue weighted by Crippen LogP contribution is -2.15. The second-order valence-corrected chi connectivity index (χ2v) is 6.38. The van der Waals surface area contributed by atoms with Crippen molar-refractivity contribution in [2.75, 3.05) is 26.4 Å². The Balaban J connectivity index is 2.61. The molecule has 1 rings (SSSR count). The summed E-state index contributed by atoms with van der Waals surface area (Å²) in [5.74, 6) is 1.09.